The largest absolute Gasteiger partial charge is 0.354 e. The highest BCUT2D eigenvalue weighted by molar-refractivity contribution is 5.47. The first-order valence-corrected chi connectivity index (χ1v) is 8.26. The number of anilines is 1. The molecule has 4 rings (SSSR count). The second kappa shape index (κ2) is 6.16. The zero-order valence-electron chi connectivity index (χ0n) is 14.0. The van der Waals surface area contributed by atoms with Crippen molar-refractivity contribution >= 4 is 11.6 Å². The van der Waals surface area contributed by atoms with Crippen molar-refractivity contribution in [2.45, 2.75) is 26.9 Å². The van der Waals surface area contributed by atoms with E-state index in [0.717, 1.165) is 56.6 Å². The molecule has 4 heterocycles. The molecule has 0 amide bonds. The summed E-state index contributed by atoms with van der Waals surface area (Å²) in [7, 11) is 0. The number of piperazine rings is 1. The predicted octanol–water partition coefficient (Wildman–Crippen LogP) is 0.366. The van der Waals surface area contributed by atoms with Crippen LogP contribution in [0.5, 0.6) is 0 Å². The highest BCUT2D eigenvalue weighted by atomic mass is 15.4. The van der Waals surface area contributed by atoms with Crippen LogP contribution in [0.1, 0.15) is 18.4 Å². The molecule has 0 saturated carbocycles. The van der Waals surface area contributed by atoms with Crippen LogP contribution in [0.15, 0.2) is 18.7 Å². The fourth-order valence-electron chi connectivity index (χ4n) is 3.15. The molecular weight excluding hydrogens is 306 g/mol. The van der Waals surface area contributed by atoms with Crippen LogP contribution in [0.25, 0.3) is 5.78 Å². The van der Waals surface area contributed by atoms with Crippen LogP contribution in [-0.4, -0.2) is 65.4 Å². The average Bonchev–Trinajstić information content (AvgIpc) is 3.23. The lowest BCUT2D eigenvalue weighted by Crippen LogP contribution is -2.47. The van der Waals surface area contributed by atoms with E-state index in [4.69, 9.17) is 0 Å². The van der Waals surface area contributed by atoms with Gasteiger partial charge in [-0.05, 0) is 13.8 Å². The van der Waals surface area contributed by atoms with E-state index in [1.165, 1.54) is 0 Å². The minimum atomic E-state index is 0.656. The van der Waals surface area contributed by atoms with Gasteiger partial charge >= 0.3 is 0 Å². The van der Waals surface area contributed by atoms with Gasteiger partial charge in [0.05, 0.1) is 6.54 Å². The molecule has 1 aliphatic rings. The fourth-order valence-corrected chi connectivity index (χ4v) is 3.15. The molecule has 1 fully saturated rings. The summed E-state index contributed by atoms with van der Waals surface area (Å²) in [6.45, 7) is 9.63. The van der Waals surface area contributed by atoms with Crippen molar-refractivity contribution in [1.82, 2.24) is 39.2 Å². The number of aryl methyl sites for hydroxylation is 2. The van der Waals surface area contributed by atoms with Gasteiger partial charge in [-0.2, -0.15) is 19.7 Å². The molecule has 9 heteroatoms. The van der Waals surface area contributed by atoms with Gasteiger partial charge in [0, 0.05) is 44.5 Å². The van der Waals surface area contributed by atoms with E-state index < -0.39 is 0 Å². The third-order valence-corrected chi connectivity index (χ3v) is 4.42. The molecule has 1 aliphatic heterocycles. The van der Waals surface area contributed by atoms with Gasteiger partial charge in [0.25, 0.3) is 5.78 Å². The Morgan fingerprint density at radius 3 is 2.62 bits per heavy atom. The maximum atomic E-state index is 4.41. The number of rotatable bonds is 4. The molecule has 0 spiro atoms. The van der Waals surface area contributed by atoms with E-state index in [9.17, 15) is 0 Å². The summed E-state index contributed by atoms with van der Waals surface area (Å²) in [6, 6.07) is 2.07. The van der Waals surface area contributed by atoms with Gasteiger partial charge in [-0.25, -0.2) is 14.6 Å². The Balaban J connectivity index is 1.47. The fraction of sp³-hybridized carbons (Fsp3) is 0.533. The summed E-state index contributed by atoms with van der Waals surface area (Å²) >= 11 is 0. The quantitative estimate of drug-likeness (QED) is 0.685. The minimum Gasteiger partial charge on any atom is -0.354 e. The summed E-state index contributed by atoms with van der Waals surface area (Å²) in [6.07, 6.45) is 3.19. The van der Waals surface area contributed by atoms with Gasteiger partial charge < -0.3 is 4.90 Å². The van der Waals surface area contributed by atoms with Gasteiger partial charge in [-0.15, -0.1) is 0 Å². The predicted molar refractivity (Wildman–Crippen MR) is 88.7 cm³/mol. The molecule has 3 aromatic rings. The van der Waals surface area contributed by atoms with Crippen molar-refractivity contribution in [2.75, 3.05) is 31.1 Å². The van der Waals surface area contributed by atoms with Crippen molar-refractivity contribution < 1.29 is 0 Å². The molecule has 3 aromatic heterocycles. The highest BCUT2D eigenvalue weighted by Gasteiger charge is 2.21. The van der Waals surface area contributed by atoms with Crippen molar-refractivity contribution in [3.05, 3.63) is 30.2 Å². The monoisotopic (exact) mass is 327 g/mol. The van der Waals surface area contributed by atoms with Crippen molar-refractivity contribution in [3.8, 4) is 0 Å². The first-order chi connectivity index (χ1) is 11.7. The normalized spacial score (nSPS) is 16.2. The van der Waals surface area contributed by atoms with Crippen LogP contribution in [-0.2, 0) is 13.1 Å². The lowest BCUT2D eigenvalue weighted by atomic mass is 10.3. The van der Waals surface area contributed by atoms with E-state index in [1.54, 1.807) is 12.7 Å². The number of aromatic nitrogens is 7. The number of fused-ring (bicyclic) bond motifs is 1. The van der Waals surface area contributed by atoms with Gasteiger partial charge in [-0.3, -0.25) is 4.90 Å². The third-order valence-electron chi connectivity index (χ3n) is 4.42. The first kappa shape index (κ1) is 15.0. The van der Waals surface area contributed by atoms with Gasteiger partial charge in [-0.1, -0.05) is 0 Å². The van der Waals surface area contributed by atoms with Crippen molar-refractivity contribution in [1.29, 1.82) is 0 Å². The molecule has 9 nitrogen and oxygen atoms in total. The number of hydrogen-bond donors (Lipinski definition) is 0. The molecule has 0 aliphatic carbocycles. The summed E-state index contributed by atoms with van der Waals surface area (Å²) < 4.78 is 3.77. The van der Waals surface area contributed by atoms with Gasteiger partial charge in [0.1, 0.15) is 24.3 Å². The molecule has 0 radical (unpaired) electrons. The summed E-state index contributed by atoms with van der Waals surface area (Å²) in [5.41, 5.74) is 0.962. The lowest BCUT2D eigenvalue weighted by molar-refractivity contribution is 0.239. The summed E-state index contributed by atoms with van der Waals surface area (Å²) in [5, 5.41) is 8.55. The first-order valence-electron chi connectivity index (χ1n) is 8.26. The molecule has 0 N–H and O–H groups in total. The lowest BCUT2D eigenvalue weighted by Gasteiger charge is -2.35. The maximum Gasteiger partial charge on any atom is 0.254 e. The van der Waals surface area contributed by atoms with E-state index in [2.05, 4.69) is 47.9 Å². The Hall–Kier alpha value is -2.55. The zero-order valence-corrected chi connectivity index (χ0v) is 14.0. The van der Waals surface area contributed by atoms with Gasteiger partial charge in [0.2, 0.25) is 0 Å². The molecular formula is C15H21N9. The third kappa shape index (κ3) is 2.71. The molecule has 0 aromatic carbocycles. The van der Waals surface area contributed by atoms with Crippen LogP contribution in [0, 0.1) is 6.92 Å². The number of hydrogen-bond acceptors (Lipinski definition) is 7. The Morgan fingerprint density at radius 1 is 1.04 bits per heavy atom. The molecule has 24 heavy (non-hydrogen) atoms. The van der Waals surface area contributed by atoms with Crippen LogP contribution < -0.4 is 4.90 Å². The second-order valence-corrected chi connectivity index (χ2v) is 5.98. The van der Waals surface area contributed by atoms with Gasteiger partial charge in [0.15, 0.2) is 0 Å². The minimum absolute atomic E-state index is 0.656. The van der Waals surface area contributed by atoms with E-state index >= 15 is 0 Å². The molecule has 0 bridgehead atoms. The standard InChI is InChI=1S/C15H21N9/c1-3-23-13(16-10-18-23)9-21-4-6-22(7-5-21)14-8-12(2)20-15-17-11-19-24(14)15/h8,10-11H,3-7,9H2,1-2H3. The van der Waals surface area contributed by atoms with E-state index in [-0.39, 0.29) is 0 Å². The summed E-state index contributed by atoms with van der Waals surface area (Å²) in [5.74, 6) is 2.75. The van der Waals surface area contributed by atoms with E-state index in [0.29, 0.717) is 5.78 Å². The zero-order chi connectivity index (χ0) is 16.5. The van der Waals surface area contributed by atoms with Crippen LogP contribution >= 0.6 is 0 Å². The second-order valence-electron chi connectivity index (χ2n) is 5.98. The van der Waals surface area contributed by atoms with E-state index in [1.807, 2.05) is 16.1 Å². The SMILES string of the molecule is CCn1ncnc1CN1CCN(c2cc(C)nc3ncnn23)CC1. The Morgan fingerprint density at radius 2 is 1.83 bits per heavy atom. The molecule has 1 saturated heterocycles. The smallest absolute Gasteiger partial charge is 0.254 e. The van der Waals surface area contributed by atoms with Crippen molar-refractivity contribution in [3.63, 3.8) is 0 Å². The molecule has 0 unspecified atom stereocenters. The van der Waals surface area contributed by atoms with Crippen LogP contribution in [0.4, 0.5) is 5.82 Å². The molecule has 126 valence electrons. The maximum absolute atomic E-state index is 4.41. The Bertz CT molecular complexity index is 828. The van der Waals surface area contributed by atoms with Crippen LogP contribution in [0.3, 0.4) is 0 Å². The number of nitrogens with zero attached hydrogens (tertiary/aromatic N) is 9. The Kier molecular flexibility index (Phi) is 3.85. The summed E-state index contributed by atoms with van der Waals surface area (Å²) in [4.78, 5) is 17.7. The van der Waals surface area contributed by atoms with Crippen LogP contribution in [0.2, 0.25) is 0 Å². The van der Waals surface area contributed by atoms with Crippen molar-refractivity contribution in [2.24, 2.45) is 0 Å². The average molecular weight is 327 g/mol. The Labute approximate surface area is 139 Å². The topological polar surface area (TPSA) is 80.3 Å². The highest BCUT2D eigenvalue weighted by Crippen LogP contribution is 2.18. The molecule has 0 atom stereocenters.